The highest BCUT2D eigenvalue weighted by atomic mass is 16.4. The van der Waals surface area contributed by atoms with E-state index in [1.165, 1.54) is 9.80 Å². The molecule has 4 aromatic heterocycles. The summed E-state index contributed by atoms with van der Waals surface area (Å²) < 4.78 is 0. The molecule has 102 heavy (non-hydrogen) atoms. The lowest BCUT2D eigenvalue weighted by Gasteiger charge is -2.31. The molecule has 30 heteroatoms. The monoisotopic (exact) mass is 1400 g/mol. The third kappa shape index (κ3) is 18.6. The van der Waals surface area contributed by atoms with E-state index >= 15 is 19.2 Å². The van der Waals surface area contributed by atoms with Crippen molar-refractivity contribution in [3.63, 3.8) is 0 Å². The van der Waals surface area contributed by atoms with E-state index in [-0.39, 0.29) is 102 Å². The van der Waals surface area contributed by atoms with Gasteiger partial charge in [0.25, 0.3) is 0 Å². The third-order valence-corrected chi connectivity index (χ3v) is 19.1. The Morgan fingerprint density at radius 1 is 0.451 bits per heavy atom. The number of H-pyrrole nitrogens is 4. The van der Waals surface area contributed by atoms with Gasteiger partial charge >= 0.3 is 5.97 Å². The molecule has 0 bridgehead atoms. The van der Waals surface area contributed by atoms with Crippen LogP contribution < -0.4 is 65.5 Å². The van der Waals surface area contributed by atoms with Crippen molar-refractivity contribution in [2.24, 2.45) is 22.9 Å². The first-order chi connectivity index (χ1) is 49.2. The molecule has 0 aliphatic carbocycles. The summed E-state index contributed by atoms with van der Waals surface area (Å²) in [5, 5.41) is 51.0. The molecule has 23 N–H and O–H groups in total. The van der Waals surface area contributed by atoms with Crippen molar-refractivity contribution in [3.05, 3.63) is 144 Å². The second-order valence-corrected chi connectivity index (χ2v) is 26.2. The maximum absolute atomic E-state index is 15.7. The minimum absolute atomic E-state index is 0.0399. The number of hydrogen-bond acceptors (Lipinski definition) is 13. The summed E-state index contributed by atoms with van der Waals surface area (Å²) in [6, 6.07) is 18.6. The van der Waals surface area contributed by atoms with Crippen LogP contribution in [0.5, 0.6) is 0 Å². The fourth-order valence-corrected chi connectivity index (χ4v) is 13.8. The summed E-state index contributed by atoms with van der Waals surface area (Å²) in [5.74, 6) is -7.54. The van der Waals surface area contributed by atoms with Gasteiger partial charge in [-0.05, 0) is 130 Å². The van der Waals surface area contributed by atoms with Gasteiger partial charge in [0.05, 0.1) is 6.04 Å². The molecular formula is C72H92N20O10. The maximum atomic E-state index is 15.7. The van der Waals surface area contributed by atoms with Gasteiger partial charge in [0, 0.05) is 114 Å². The van der Waals surface area contributed by atoms with Gasteiger partial charge in [-0.1, -0.05) is 72.8 Å². The number of carboxylic acids is 1. The first-order valence-corrected chi connectivity index (χ1v) is 34.7. The zero-order valence-corrected chi connectivity index (χ0v) is 56.7. The van der Waals surface area contributed by atoms with Crippen LogP contribution >= 0.6 is 0 Å². The molecular weight excluding hydrogens is 1300 g/mol. The van der Waals surface area contributed by atoms with Crippen LogP contribution in [-0.2, 0) is 68.8 Å². The average Bonchev–Trinajstić information content (AvgIpc) is 1.46. The van der Waals surface area contributed by atoms with Crippen molar-refractivity contribution in [2.45, 2.75) is 151 Å². The first kappa shape index (κ1) is 73.4. The number of aromatic nitrogens is 4. The van der Waals surface area contributed by atoms with Gasteiger partial charge in [-0.3, -0.25) is 49.2 Å². The molecule has 0 radical (unpaired) electrons. The minimum atomic E-state index is -1.43. The van der Waals surface area contributed by atoms with E-state index in [2.05, 4.69) is 62.5 Å². The van der Waals surface area contributed by atoms with Crippen LogP contribution in [0.4, 0.5) is 0 Å². The molecule has 10 rings (SSSR count). The Morgan fingerprint density at radius 2 is 0.794 bits per heavy atom. The van der Waals surface area contributed by atoms with Crippen molar-refractivity contribution in [2.75, 3.05) is 32.7 Å². The number of carboxylic acid groups (broad SMARTS) is 1. The summed E-state index contributed by atoms with van der Waals surface area (Å²) in [6.07, 6.45) is 9.39. The number of hydrogen-bond donors (Lipinski definition) is 19. The third-order valence-electron chi connectivity index (χ3n) is 19.1. The van der Waals surface area contributed by atoms with Crippen LogP contribution in [0.1, 0.15) is 92.9 Å². The topological polar surface area (TPSA) is 492 Å². The number of carbonyl (C=O) groups is 9. The normalized spacial score (nSPS) is 16.5. The largest absolute Gasteiger partial charge is 0.480 e. The smallest absolute Gasteiger partial charge is 0.326 e. The lowest BCUT2D eigenvalue weighted by atomic mass is 10.00. The van der Waals surface area contributed by atoms with Crippen LogP contribution in [0.3, 0.4) is 0 Å². The zero-order chi connectivity index (χ0) is 72.4. The van der Waals surface area contributed by atoms with Crippen LogP contribution in [0.15, 0.2) is 122 Å². The fraction of sp³-hybridized carbons (Fsp3) is 0.403. The minimum Gasteiger partial charge on any atom is -0.480 e. The summed E-state index contributed by atoms with van der Waals surface area (Å²) in [6.45, 7) is 0.836. The number of unbranched alkanes of at least 4 members (excludes halogenated alkanes) is 1. The molecule has 0 spiro atoms. The fourth-order valence-electron chi connectivity index (χ4n) is 13.8. The van der Waals surface area contributed by atoms with Crippen LogP contribution in [0.25, 0.3) is 43.6 Å². The Hall–Kier alpha value is -11.3. The highest BCUT2D eigenvalue weighted by Gasteiger charge is 2.43. The lowest BCUT2D eigenvalue weighted by Crippen LogP contribution is -2.60. The Morgan fingerprint density at radius 3 is 1.19 bits per heavy atom. The van der Waals surface area contributed by atoms with Crippen LogP contribution in [0.2, 0.25) is 0 Å². The molecule has 8 aromatic rings. The molecule has 0 saturated carbocycles. The Bertz CT molecular complexity index is 4330. The quantitative estimate of drug-likeness (QED) is 0.0153. The number of benzene rings is 4. The van der Waals surface area contributed by atoms with E-state index in [4.69, 9.17) is 33.8 Å². The molecule has 540 valence electrons. The van der Waals surface area contributed by atoms with Gasteiger partial charge < -0.3 is 100 Å². The maximum Gasteiger partial charge on any atom is 0.326 e. The van der Waals surface area contributed by atoms with Crippen molar-refractivity contribution in [3.8, 4) is 0 Å². The number of fused-ring (bicyclic) bond motifs is 4. The summed E-state index contributed by atoms with van der Waals surface area (Å²) in [7, 11) is 0. The number of nitrogens with two attached hydrogens (primary N) is 4. The van der Waals surface area contributed by atoms with Gasteiger partial charge in [0.15, 0.2) is 11.9 Å². The Kier molecular flexibility index (Phi) is 25.0. The molecule has 0 unspecified atom stereocenters. The Labute approximate surface area is 588 Å². The highest BCUT2D eigenvalue weighted by Crippen LogP contribution is 2.28. The number of amides is 8. The second kappa shape index (κ2) is 34.7. The number of para-hydroxylation sites is 4. The van der Waals surface area contributed by atoms with E-state index in [9.17, 15) is 29.1 Å². The van der Waals surface area contributed by atoms with Crippen molar-refractivity contribution < 1.29 is 48.3 Å². The highest BCUT2D eigenvalue weighted by molar-refractivity contribution is 6.00. The van der Waals surface area contributed by atoms with Crippen LogP contribution in [0, 0.1) is 10.8 Å². The molecule has 30 nitrogen and oxygen atoms in total. The molecule has 4 aromatic carbocycles. The predicted octanol–water partition coefficient (Wildman–Crippen LogP) is 1.84. The van der Waals surface area contributed by atoms with Crippen molar-refractivity contribution >= 4 is 109 Å². The summed E-state index contributed by atoms with van der Waals surface area (Å²) in [5.41, 5.74) is 29.4. The number of aliphatic carboxylic acids is 1. The van der Waals surface area contributed by atoms with Crippen LogP contribution in [-0.4, -0.2) is 187 Å². The van der Waals surface area contributed by atoms with E-state index in [1.54, 1.807) is 18.6 Å². The number of nitrogens with zero attached hydrogens (tertiary/aromatic N) is 2. The molecule has 8 amide bonds. The molecule has 6 heterocycles. The zero-order valence-electron chi connectivity index (χ0n) is 56.7. The number of guanidine groups is 2. The number of likely N-dealkylation sites (tertiary alicyclic amines) is 2. The average molecular weight is 1400 g/mol. The summed E-state index contributed by atoms with van der Waals surface area (Å²) >= 11 is 0. The van der Waals surface area contributed by atoms with E-state index < -0.39 is 108 Å². The van der Waals surface area contributed by atoms with Gasteiger partial charge in [0.2, 0.25) is 47.3 Å². The number of rotatable bonds is 35. The first-order valence-electron chi connectivity index (χ1n) is 34.7. The van der Waals surface area contributed by atoms with Gasteiger partial charge in [-0.15, -0.1) is 0 Å². The van der Waals surface area contributed by atoms with E-state index in [1.807, 2.05) is 103 Å². The lowest BCUT2D eigenvalue weighted by molar-refractivity contribution is -0.143. The van der Waals surface area contributed by atoms with Gasteiger partial charge in [-0.25, -0.2) is 4.79 Å². The predicted molar refractivity (Wildman–Crippen MR) is 386 cm³/mol. The van der Waals surface area contributed by atoms with Crippen molar-refractivity contribution in [1.82, 2.24) is 72.3 Å². The van der Waals surface area contributed by atoms with Crippen molar-refractivity contribution in [1.29, 1.82) is 10.8 Å². The number of carbonyl (C=O) groups excluding carboxylic acids is 8. The number of aromatic amines is 4. The summed E-state index contributed by atoms with van der Waals surface area (Å²) in [4.78, 5) is 148. The molecule has 2 fully saturated rings. The van der Waals surface area contributed by atoms with E-state index in [0.29, 0.717) is 55.3 Å². The number of nitrogens with one attached hydrogen (secondary N) is 14. The molecule has 2 aliphatic heterocycles. The second-order valence-electron chi connectivity index (χ2n) is 26.2. The van der Waals surface area contributed by atoms with E-state index in [0.717, 1.165) is 49.2 Å². The van der Waals surface area contributed by atoms with Gasteiger partial charge in [0.1, 0.15) is 48.3 Å². The molecule has 2 aliphatic rings. The standard InChI is InChI=1S/C72H92N20O10/c73-28-10-9-23-56(70(101)102)87-63(94)55(25-12-30-80-72(77)78)85-62(93)54(24-11-29-79-71(75)76)86-64(95)57(34-42-38-82-51-20-6-2-16-46(42)51)88-67(98)61-27-14-32-92(61)69(100)59(36-44-40-84-53-22-8-4-18-48(44)53)90-65(96)58(35-43-39-83-52-21-7-3-17-47(43)52)89-66(97)60-26-13-31-91(60)68(99)49(74)33-41-37-81-50-19-5-1-15-45(41)50/h1-8,15-22,37-40,49,54-61,81-84H,9-14,23-36,73-74H2,(H,85,93)(H,86,95)(H,87,94)(H,88,98)(H,89,97)(H,90,96)(H,101,102)(H4,75,76,79)(H4,77,78,80)/t49-,54-,55-,56-,57-,58-,59-,60-,61-/m0/s1. The Balaban J connectivity index is 0.915. The molecule has 9 atom stereocenters. The molecule has 2 saturated heterocycles. The van der Waals surface area contributed by atoms with Gasteiger partial charge in [-0.2, -0.15) is 0 Å². The SMILES string of the molecule is N=C(N)NCCC[C@H](NC(=O)[C@H](CCCNC(=N)N)NC(=O)[C@H](Cc1c[nH]c2ccccc12)NC(=O)[C@@H]1CCCN1C(=O)[C@H](Cc1c[nH]c2ccccc12)NC(=O)[C@H](Cc1c[nH]c2ccccc12)NC(=O)[C@@H]1CCCN1C(=O)[C@@H](N)Cc1c[nH]c2ccccc12)C(=O)N[C@@H](CCCCN)C(=O)O.